The maximum Gasteiger partial charge on any atom is 0.344 e. The quantitative estimate of drug-likeness (QED) is 0.522. The molecule has 1 fully saturated rings. The van der Waals surface area contributed by atoms with Crippen LogP contribution in [0.1, 0.15) is 33.1 Å². The number of sulfonamides is 1. The highest BCUT2D eigenvalue weighted by molar-refractivity contribution is 7.92. The van der Waals surface area contributed by atoms with Gasteiger partial charge in [0, 0.05) is 13.1 Å². The van der Waals surface area contributed by atoms with Gasteiger partial charge in [0.25, 0.3) is 15.9 Å². The Morgan fingerprint density at radius 2 is 1.69 bits per heavy atom. The normalized spacial score (nSPS) is 20.1. The first-order chi connectivity index (χ1) is 16.6. The van der Waals surface area contributed by atoms with Crippen LogP contribution in [0.2, 0.25) is 0 Å². The van der Waals surface area contributed by atoms with Gasteiger partial charge in [0.2, 0.25) is 0 Å². The summed E-state index contributed by atoms with van der Waals surface area (Å²) >= 11 is 0. The van der Waals surface area contributed by atoms with Crippen LogP contribution in [0.5, 0.6) is 5.75 Å². The second-order valence-electron chi connectivity index (χ2n) is 8.81. The minimum absolute atomic E-state index is 0.0408. The molecule has 1 saturated carbocycles. The van der Waals surface area contributed by atoms with Crippen LogP contribution in [0, 0.1) is 17.7 Å². The van der Waals surface area contributed by atoms with Crippen molar-refractivity contribution in [1.29, 1.82) is 0 Å². The second-order valence-corrected chi connectivity index (χ2v) is 10.8. The summed E-state index contributed by atoms with van der Waals surface area (Å²) in [5.74, 6) is -0.309. The van der Waals surface area contributed by atoms with Crippen LogP contribution < -0.4 is 14.4 Å². The van der Waals surface area contributed by atoms with Crippen molar-refractivity contribution >= 4 is 27.6 Å². The van der Waals surface area contributed by atoms with E-state index < -0.39 is 28.4 Å². The summed E-state index contributed by atoms with van der Waals surface area (Å²) in [5, 5.41) is 2.94. The number of amides is 1. The Bertz CT molecular complexity index is 1120. The number of esters is 1. The van der Waals surface area contributed by atoms with Crippen molar-refractivity contribution in [1.82, 2.24) is 5.32 Å². The minimum Gasteiger partial charge on any atom is -0.482 e. The maximum absolute atomic E-state index is 13.1. The number of ether oxygens (including phenoxy) is 2. The molecule has 0 heterocycles. The molecule has 2 aromatic carbocycles. The van der Waals surface area contributed by atoms with Crippen LogP contribution in [0.3, 0.4) is 0 Å². The molecule has 1 aliphatic carbocycles. The topological polar surface area (TPSA) is 102 Å². The lowest BCUT2D eigenvalue weighted by Crippen LogP contribution is -2.45. The van der Waals surface area contributed by atoms with E-state index in [0.717, 1.165) is 35.7 Å². The first-order valence-electron chi connectivity index (χ1n) is 11.5. The molecular formula is C25H31FN2O6S. The van der Waals surface area contributed by atoms with Crippen molar-refractivity contribution in [2.75, 3.05) is 24.6 Å². The molecule has 0 aliphatic heterocycles. The third-order valence-electron chi connectivity index (χ3n) is 6.45. The van der Waals surface area contributed by atoms with Crippen molar-refractivity contribution in [3.05, 3.63) is 54.3 Å². The highest BCUT2D eigenvalue weighted by atomic mass is 32.2. The van der Waals surface area contributed by atoms with Gasteiger partial charge in [0.05, 0.1) is 10.6 Å². The lowest BCUT2D eigenvalue weighted by Gasteiger charge is -2.34. The average molecular weight is 507 g/mol. The van der Waals surface area contributed by atoms with E-state index in [-0.39, 0.29) is 23.5 Å². The first-order valence-corrected chi connectivity index (χ1v) is 12.9. The van der Waals surface area contributed by atoms with E-state index in [9.17, 15) is 22.4 Å². The molecule has 3 unspecified atom stereocenters. The van der Waals surface area contributed by atoms with Gasteiger partial charge in [-0.1, -0.05) is 26.7 Å². The predicted octanol–water partition coefficient (Wildman–Crippen LogP) is 3.51. The summed E-state index contributed by atoms with van der Waals surface area (Å²) in [6.07, 6.45) is 3.14. The van der Waals surface area contributed by atoms with Gasteiger partial charge in [-0.15, -0.1) is 0 Å². The van der Waals surface area contributed by atoms with Gasteiger partial charge in [0.15, 0.2) is 13.2 Å². The Balaban J connectivity index is 1.46. The van der Waals surface area contributed by atoms with Crippen molar-refractivity contribution in [3.63, 3.8) is 0 Å². The van der Waals surface area contributed by atoms with Crippen molar-refractivity contribution in [2.45, 2.75) is 44.0 Å². The number of anilines is 1. The molecule has 10 heteroatoms. The van der Waals surface area contributed by atoms with Gasteiger partial charge in [-0.25, -0.2) is 17.6 Å². The van der Waals surface area contributed by atoms with Gasteiger partial charge in [-0.05, 0) is 66.8 Å². The summed E-state index contributed by atoms with van der Waals surface area (Å²) in [4.78, 5) is 24.1. The highest BCUT2D eigenvalue weighted by Gasteiger charge is 2.28. The van der Waals surface area contributed by atoms with Crippen LogP contribution in [0.25, 0.3) is 0 Å². The number of benzene rings is 2. The molecular weight excluding hydrogens is 475 g/mol. The Hall–Kier alpha value is -3.14. The second kappa shape index (κ2) is 11.5. The molecule has 0 radical (unpaired) electrons. The largest absolute Gasteiger partial charge is 0.482 e. The van der Waals surface area contributed by atoms with E-state index >= 15 is 0 Å². The Morgan fingerprint density at radius 1 is 1.03 bits per heavy atom. The van der Waals surface area contributed by atoms with Crippen LogP contribution in [0.4, 0.5) is 10.1 Å². The van der Waals surface area contributed by atoms with E-state index in [1.165, 1.54) is 43.4 Å². The SMILES string of the molecule is CC1CCCC(NC(=O)COC(=O)COc2ccc(N(C)S(=O)(=O)c3ccc(F)cc3)cc2)C1C. The van der Waals surface area contributed by atoms with Crippen LogP contribution in [0.15, 0.2) is 53.4 Å². The number of hydrogen-bond donors (Lipinski definition) is 1. The lowest BCUT2D eigenvalue weighted by atomic mass is 9.78. The third kappa shape index (κ3) is 6.94. The first kappa shape index (κ1) is 26.5. The highest BCUT2D eigenvalue weighted by Crippen LogP contribution is 2.29. The third-order valence-corrected chi connectivity index (χ3v) is 8.25. The molecule has 0 saturated heterocycles. The van der Waals surface area contributed by atoms with Gasteiger partial charge in [-0.3, -0.25) is 9.10 Å². The zero-order valence-corrected chi connectivity index (χ0v) is 20.9. The zero-order chi connectivity index (χ0) is 25.6. The molecule has 8 nitrogen and oxygen atoms in total. The van der Waals surface area contributed by atoms with Gasteiger partial charge in [-0.2, -0.15) is 0 Å². The van der Waals surface area contributed by atoms with Crippen LogP contribution >= 0.6 is 0 Å². The van der Waals surface area contributed by atoms with Gasteiger partial charge in [0.1, 0.15) is 11.6 Å². The number of carbonyl (C=O) groups excluding carboxylic acids is 2. The lowest BCUT2D eigenvalue weighted by molar-refractivity contribution is -0.150. The average Bonchev–Trinajstić information content (AvgIpc) is 2.84. The van der Waals surface area contributed by atoms with E-state index in [2.05, 4.69) is 19.2 Å². The van der Waals surface area contributed by atoms with E-state index in [0.29, 0.717) is 23.3 Å². The number of rotatable bonds is 9. The smallest absolute Gasteiger partial charge is 0.344 e. The van der Waals surface area contributed by atoms with E-state index in [4.69, 9.17) is 9.47 Å². The summed E-state index contributed by atoms with van der Waals surface area (Å²) in [5.41, 5.74) is 0.354. The van der Waals surface area contributed by atoms with Crippen LogP contribution in [-0.4, -0.2) is 46.6 Å². The molecule has 3 atom stereocenters. The summed E-state index contributed by atoms with van der Waals surface area (Å²) in [6.45, 7) is 3.53. The zero-order valence-electron chi connectivity index (χ0n) is 20.1. The number of hydrogen-bond acceptors (Lipinski definition) is 6. The van der Waals surface area contributed by atoms with Crippen molar-refractivity contribution in [3.8, 4) is 5.75 Å². The fourth-order valence-corrected chi connectivity index (χ4v) is 5.22. The number of carbonyl (C=O) groups is 2. The molecule has 0 aromatic heterocycles. The van der Waals surface area contributed by atoms with E-state index in [1.54, 1.807) is 0 Å². The van der Waals surface area contributed by atoms with Crippen LogP contribution in [-0.2, 0) is 24.3 Å². The summed E-state index contributed by atoms with van der Waals surface area (Å²) in [7, 11) is -2.49. The van der Waals surface area contributed by atoms with Gasteiger partial charge < -0.3 is 14.8 Å². The number of halogens is 1. The monoisotopic (exact) mass is 506 g/mol. The van der Waals surface area contributed by atoms with Gasteiger partial charge >= 0.3 is 5.97 Å². The molecule has 35 heavy (non-hydrogen) atoms. The minimum atomic E-state index is -3.87. The molecule has 0 spiro atoms. The molecule has 1 N–H and O–H groups in total. The molecule has 1 aliphatic rings. The Morgan fingerprint density at radius 3 is 2.34 bits per heavy atom. The summed E-state index contributed by atoms with van der Waals surface area (Å²) < 4.78 is 50.0. The number of nitrogens with one attached hydrogen (secondary N) is 1. The summed E-state index contributed by atoms with van der Waals surface area (Å²) in [6, 6.07) is 10.7. The van der Waals surface area contributed by atoms with Crippen molar-refractivity contribution in [2.24, 2.45) is 11.8 Å². The fraction of sp³-hybridized carbons (Fsp3) is 0.440. The molecule has 1 amide bonds. The van der Waals surface area contributed by atoms with E-state index in [1.807, 2.05) is 0 Å². The molecule has 190 valence electrons. The molecule has 0 bridgehead atoms. The Labute approximate surface area is 205 Å². The molecule has 3 rings (SSSR count). The number of nitrogens with zero attached hydrogens (tertiary/aromatic N) is 1. The Kier molecular flexibility index (Phi) is 8.71. The predicted molar refractivity (Wildman–Crippen MR) is 129 cm³/mol. The van der Waals surface area contributed by atoms with Crippen molar-refractivity contribution < 1.29 is 31.9 Å². The standard InChI is InChI=1S/C25H31FN2O6S/c1-17-5-4-6-23(18(17)2)27-24(29)15-34-25(30)16-33-21-11-9-20(10-12-21)28(3)35(31,32)22-13-7-19(26)8-14-22/h7-14,17-18,23H,4-6,15-16H2,1-3H3,(H,27,29). The molecule has 2 aromatic rings. The maximum atomic E-state index is 13.1. The fourth-order valence-electron chi connectivity index (χ4n) is 4.02.